The Hall–Kier alpha value is -3.01. The molecule has 0 radical (unpaired) electrons. The summed E-state index contributed by atoms with van der Waals surface area (Å²) in [5, 5.41) is 13.5. The molecule has 0 saturated heterocycles. The monoisotopic (exact) mass is 412 g/mol. The van der Waals surface area contributed by atoms with Gasteiger partial charge in [-0.1, -0.05) is 46.0 Å². The van der Waals surface area contributed by atoms with Gasteiger partial charge in [0.1, 0.15) is 6.07 Å². The fraction of sp³-hybridized carbons (Fsp3) is 0.522. The summed E-state index contributed by atoms with van der Waals surface area (Å²) in [5.41, 5.74) is 3.83. The molecule has 0 aliphatic heterocycles. The van der Waals surface area contributed by atoms with E-state index in [2.05, 4.69) is 29.4 Å². The van der Waals surface area contributed by atoms with Crippen molar-refractivity contribution >= 4 is 12.1 Å². The molecule has 2 aromatic rings. The summed E-state index contributed by atoms with van der Waals surface area (Å²) in [6.07, 6.45) is 10.2. The van der Waals surface area contributed by atoms with Crippen molar-refractivity contribution in [1.29, 1.82) is 5.26 Å². The van der Waals surface area contributed by atoms with Gasteiger partial charge in [-0.15, -0.1) is 0 Å². The Kier molecular flexibility index (Phi) is 10.3. The van der Waals surface area contributed by atoms with Crippen LogP contribution in [-0.2, 0) is 6.42 Å². The lowest BCUT2D eigenvalue weighted by molar-refractivity contribution is 0.288. The number of methoxy groups -OCH3 is 1. The smallest absolute Gasteiger partial charge is 0.252 e. The predicted octanol–water partition coefficient (Wildman–Crippen LogP) is 5.69. The number of unbranched alkanes of at least 4 members (excludes halogenated alkanes) is 5. The first-order valence-corrected chi connectivity index (χ1v) is 10.7. The minimum atomic E-state index is 0.216. The standard InChI is InChI=1S/C23H32N4O3/c1-4-6-8-9-10-11-22-26-19(16-24)23(30-22)27-25-17-18-12-13-20(21(15-18)28-3)29-14-7-5-2/h12-13,15,17,27H,4-11,14H2,1-3H3/b25-17-. The number of aromatic nitrogens is 1. The van der Waals surface area contributed by atoms with E-state index >= 15 is 0 Å². The molecule has 7 nitrogen and oxygen atoms in total. The fourth-order valence-electron chi connectivity index (χ4n) is 2.88. The molecule has 1 heterocycles. The van der Waals surface area contributed by atoms with Crippen molar-refractivity contribution in [3.63, 3.8) is 0 Å². The van der Waals surface area contributed by atoms with E-state index in [1.54, 1.807) is 13.3 Å². The Bertz CT molecular complexity index is 839. The highest BCUT2D eigenvalue weighted by Gasteiger charge is 2.12. The van der Waals surface area contributed by atoms with Crippen molar-refractivity contribution in [1.82, 2.24) is 4.98 Å². The van der Waals surface area contributed by atoms with Crippen LogP contribution in [-0.4, -0.2) is 24.9 Å². The van der Waals surface area contributed by atoms with Gasteiger partial charge in [-0.25, -0.2) is 10.4 Å². The molecular weight excluding hydrogens is 380 g/mol. The number of oxazole rings is 1. The maximum Gasteiger partial charge on any atom is 0.252 e. The largest absolute Gasteiger partial charge is 0.493 e. The molecule has 0 fully saturated rings. The van der Waals surface area contributed by atoms with Gasteiger partial charge in [0.2, 0.25) is 5.69 Å². The van der Waals surface area contributed by atoms with Crippen molar-refractivity contribution < 1.29 is 13.9 Å². The molecule has 162 valence electrons. The van der Waals surface area contributed by atoms with Gasteiger partial charge >= 0.3 is 0 Å². The van der Waals surface area contributed by atoms with Crippen LogP contribution >= 0.6 is 0 Å². The Morgan fingerprint density at radius 1 is 1.13 bits per heavy atom. The highest BCUT2D eigenvalue weighted by molar-refractivity contribution is 5.81. The van der Waals surface area contributed by atoms with E-state index in [-0.39, 0.29) is 11.6 Å². The van der Waals surface area contributed by atoms with Crippen LogP contribution in [0.25, 0.3) is 0 Å². The third-order valence-electron chi connectivity index (χ3n) is 4.59. The van der Waals surface area contributed by atoms with Crippen molar-refractivity contribution in [2.75, 3.05) is 19.1 Å². The van der Waals surface area contributed by atoms with Crippen LogP contribution in [0.1, 0.15) is 75.9 Å². The van der Waals surface area contributed by atoms with Gasteiger partial charge < -0.3 is 13.9 Å². The lowest BCUT2D eigenvalue weighted by atomic mass is 10.1. The van der Waals surface area contributed by atoms with E-state index in [1.165, 1.54) is 19.3 Å². The number of hydrogen-bond donors (Lipinski definition) is 1. The van der Waals surface area contributed by atoms with Crippen LogP contribution in [0, 0.1) is 11.3 Å². The van der Waals surface area contributed by atoms with Gasteiger partial charge in [0, 0.05) is 6.42 Å². The molecule has 0 saturated carbocycles. The van der Waals surface area contributed by atoms with Crippen LogP contribution < -0.4 is 14.9 Å². The van der Waals surface area contributed by atoms with E-state index in [4.69, 9.17) is 13.9 Å². The van der Waals surface area contributed by atoms with E-state index in [0.717, 1.165) is 37.7 Å². The molecule has 1 aromatic heterocycles. The highest BCUT2D eigenvalue weighted by Crippen LogP contribution is 2.28. The van der Waals surface area contributed by atoms with Gasteiger partial charge in [0.25, 0.3) is 5.88 Å². The van der Waals surface area contributed by atoms with Crippen LogP contribution in [0.5, 0.6) is 11.5 Å². The summed E-state index contributed by atoms with van der Waals surface area (Å²) >= 11 is 0. The zero-order chi connectivity index (χ0) is 21.6. The SMILES string of the molecule is CCCCCCCc1nc(C#N)c(N/N=C\c2ccc(OCCCC)c(OC)c2)o1. The number of nitrogens with one attached hydrogen (secondary N) is 1. The predicted molar refractivity (Wildman–Crippen MR) is 118 cm³/mol. The second-order valence-electron chi connectivity index (χ2n) is 7.04. The average Bonchev–Trinajstić information content (AvgIpc) is 3.16. The summed E-state index contributed by atoms with van der Waals surface area (Å²) < 4.78 is 16.8. The van der Waals surface area contributed by atoms with Crippen molar-refractivity contribution in [2.24, 2.45) is 5.10 Å². The molecular formula is C23H32N4O3. The maximum atomic E-state index is 9.28. The number of nitriles is 1. The van der Waals surface area contributed by atoms with Crippen LogP contribution in [0.15, 0.2) is 27.7 Å². The molecule has 0 bridgehead atoms. The number of hydrazone groups is 1. The molecule has 0 amide bonds. The zero-order valence-corrected chi connectivity index (χ0v) is 18.2. The van der Waals surface area contributed by atoms with Crippen molar-refractivity contribution in [2.45, 2.75) is 65.2 Å². The first-order chi connectivity index (χ1) is 14.7. The van der Waals surface area contributed by atoms with Gasteiger partial charge in [-0.05, 0) is 36.6 Å². The van der Waals surface area contributed by atoms with E-state index in [0.29, 0.717) is 24.0 Å². The van der Waals surface area contributed by atoms with Crippen LogP contribution in [0.4, 0.5) is 5.88 Å². The second kappa shape index (κ2) is 13.3. The van der Waals surface area contributed by atoms with Gasteiger partial charge in [0.05, 0.1) is 19.9 Å². The molecule has 2 rings (SSSR count). The molecule has 1 N–H and O–H groups in total. The topological polar surface area (TPSA) is 92.7 Å². The number of hydrogen-bond acceptors (Lipinski definition) is 7. The summed E-state index contributed by atoms with van der Waals surface area (Å²) in [4.78, 5) is 4.25. The number of nitrogens with zero attached hydrogens (tertiary/aromatic N) is 3. The first-order valence-electron chi connectivity index (χ1n) is 10.7. The van der Waals surface area contributed by atoms with E-state index < -0.39 is 0 Å². The minimum Gasteiger partial charge on any atom is -0.493 e. The highest BCUT2D eigenvalue weighted by atomic mass is 16.5. The minimum absolute atomic E-state index is 0.216. The number of rotatable bonds is 14. The van der Waals surface area contributed by atoms with Gasteiger partial charge in [-0.3, -0.25) is 0 Å². The Labute approximate surface area is 179 Å². The third-order valence-corrected chi connectivity index (χ3v) is 4.59. The van der Waals surface area contributed by atoms with Gasteiger partial charge in [-0.2, -0.15) is 10.4 Å². The fourth-order valence-corrected chi connectivity index (χ4v) is 2.88. The number of aryl methyl sites for hydroxylation is 1. The van der Waals surface area contributed by atoms with Crippen molar-refractivity contribution in [3.8, 4) is 17.6 Å². The Balaban J connectivity index is 1.95. The molecule has 0 aliphatic carbocycles. The van der Waals surface area contributed by atoms with Crippen LogP contribution in [0.2, 0.25) is 0 Å². The lowest BCUT2D eigenvalue weighted by Crippen LogP contribution is -1.99. The summed E-state index contributed by atoms with van der Waals surface area (Å²) in [7, 11) is 1.61. The summed E-state index contributed by atoms with van der Waals surface area (Å²) in [6.45, 7) is 4.97. The Morgan fingerprint density at radius 3 is 2.67 bits per heavy atom. The number of ether oxygens (including phenoxy) is 2. The molecule has 0 aliphatic rings. The molecule has 0 spiro atoms. The zero-order valence-electron chi connectivity index (χ0n) is 18.2. The summed E-state index contributed by atoms with van der Waals surface area (Å²) in [5.74, 6) is 2.19. The molecule has 1 aromatic carbocycles. The maximum absolute atomic E-state index is 9.28. The number of benzene rings is 1. The normalized spacial score (nSPS) is 10.9. The molecule has 0 atom stereocenters. The van der Waals surface area contributed by atoms with Gasteiger partial charge in [0.15, 0.2) is 17.4 Å². The average molecular weight is 413 g/mol. The molecule has 30 heavy (non-hydrogen) atoms. The lowest BCUT2D eigenvalue weighted by Gasteiger charge is -2.10. The molecule has 0 unspecified atom stereocenters. The Morgan fingerprint density at radius 2 is 1.93 bits per heavy atom. The number of anilines is 1. The summed E-state index contributed by atoms with van der Waals surface area (Å²) in [6, 6.07) is 7.65. The van der Waals surface area contributed by atoms with Crippen LogP contribution in [0.3, 0.4) is 0 Å². The second-order valence-corrected chi connectivity index (χ2v) is 7.04. The van der Waals surface area contributed by atoms with E-state index in [9.17, 15) is 5.26 Å². The first kappa shape index (κ1) is 23.3. The van der Waals surface area contributed by atoms with Crippen molar-refractivity contribution in [3.05, 3.63) is 35.3 Å². The van der Waals surface area contributed by atoms with E-state index in [1.807, 2.05) is 24.3 Å². The quantitative estimate of drug-likeness (QED) is 0.243. The molecule has 7 heteroatoms. The third kappa shape index (κ3) is 7.43.